The van der Waals surface area contributed by atoms with Crippen LogP contribution in [0.15, 0.2) is 12.1 Å². The summed E-state index contributed by atoms with van der Waals surface area (Å²) >= 11 is 0. The van der Waals surface area contributed by atoms with E-state index in [4.69, 9.17) is 9.47 Å². The number of benzene rings is 1. The highest BCUT2D eigenvalue weighted by atomic mass is 16.5. The van der Waals surface area contributed by atoms with E-state index in [1.54, 1.807) is 7.11 Å². The Morgan fingerprint density at radius 2 is 2.05 bits per heavy atom. The number of carbonyl (C=O) groups excluding carboxylic acids is 1. The van der Waals surface area contributed by atoms with Gasteiger partial charge in [-0.15, -0.1) is 0 Å². The van der Waals surface area contributed by atoms with Crippen LogP contribution in [-0.2, 0) is 4.79 Å². The molecule has 1 aliphatic heterocycles. The van der Waals surface area contributed by atoms with Crippen molar-refractivity contribution in [3.63, 3.8) is 0 Å². The molecule has 3 nitrogen and oxygen atoms in total. The Balaban J connectivity index is 2.53. The summed E-state index contributed by atoms with van der Waals surface area (Å²) in [4.78, 5) is 12.1. The molecule has 0 saturated carbocycles. The molecule has 0 saturated heterocycles. The first kappa shape index (κ1) is 13.9. The molecule has 0 amide bonds. The summed E-state index contributed by atoms with van der Waals surface area (Å²) in [6.07, 6.45) is 1.41. The molecular formula is C16H22O3. The van der Waals surface area contributed by atoms with Crippen LogP contribution < -0.4 is 9.47 Å². The van der Waals surface area contributed by atoms with Gasteiger partial charge in [0.25, 0.3) is 0 Å². The molecule has 0 bridgehead atoms. The topological polar surface area (TPSA) is 35.5 Å². The number of ketones is 1. The standard InChI is InChI=1S/C16H22O3/c1-10-6-7-15(17)16(3,4)19-14-8-11(2)13(18-5)9-12(10)14/h8-10H,6-7H2,1-5H3/t10-/m1/s1. The summed E-state index contributed by atoms with van der Waals surface area (Å²) in [5.74, 6) is 2.14. The summed E-state index contributed by atoms with van der Waals surface area (Å²) in [6.45, 7) is 7.80. The van der Waals surface area contributed by atoms with Crippen LogP contribution in [0.4, 0.5) is 0 Å². The van der Waals surface area contributed by atoms with Crippen molar-refractivity contribution >= 4 is 5.78 Å². The predicted molar refractivity (Wildman–Crippen MR) is 75.1 cm³/mol. The van der Waals surface area contributed by atoms with Crippen LogP contribution in [0.25, 0.3) is 0 Å². The van der Waals surface area contributed by atoms with Crippen molar-refractivity contribution < 1.29 is 14.3 Å². The van der Waals surface area contributed by atoms with Gasteiger partial charge in [0.05, 0.1) is 7.11 Å². The van der Waals surface area contributed by atoms with Crippen molar-refractivity contribution in [3.8, 4) is 11.5 Å². The molecule has 1 aromatic rings. The minimum absolute atomic E-state index is 0.165. The second-order valence-corrected chi connectivity index (χ2v) is 5.83. The Morgan fingerprint density at radius 1 is 1.37 bits per heavy atom. The maximum absolute atomic E-state index is 12.1. The van der Waals surface area contributed by atoms with Gasteiger partial charge >= 0.3 is 0 Å². The number of Topliss-reactive ketones (excluding diaryl/α,β-unsaturated/α-hetero) is 1. The van der Waals surface area contributed by atoms with E-state index >= 15 is 0 Å². The molecule has 3 heteroatoms. The molecule has 1 aromatic carbocycles. The van der Waals surface area contributed by atoms with Crippen LogP contribution >= 0.6 is 0 Å². The van der Waals surface area contributed by atoms with Crippen molar-refractivity contribution in [1.29, 1.82) is 0 Å². The molecule has 1 aliphatic rings. The lowest BCUT2D eigenvalue weighted by molar-refractivity contribution is -0.132. The molecule has 0 aliphatic carbocycles. The summed E-state index contributed by atoms with van der Waals surface area (Å²) in [5, 5.41) is 0. The van der Waals surface area contributed by atoms with Gasteiger partial charge in [0.15, 0.2) is 11.4 Å². The van der Waals surface area contributed by atoms with Crippen molar-refractivity contribution in [2.45, 2.75) is 52.1 Å². The van der Waals surface area contributed by atoms with Gasteiger partial charge in [-0.3, -0.25) is 4.79 Å². The summed E-state index contributed by atoms with van der Waals surface area (Å²) in [5.41, 5.74) is 1.40. The van der Waals surface area contributed by atoms with Gasteiger partial charge in [-0.1, -0.05) is 6.92 Å². The average Bonchev–Trinajstić information content (AvgIpc) is 2.34. The fourth-order valence-corrected chi connectivity index (χ4v) is 2.51. The van der Waals surface area contributed by atoms with E-state index in [1.165, 1.54) is 0 Å². The number of rotatable bonds is 1. The van der Waals surface area contributed by atoms with Gasteiger partial charge in [-0.2, -0.15) is 0 Å². The number of hydrogen-bond donors (Lipinski definition) is 0. The second kappa shape index (κ2) is 4.87. The summed E-state index contributed by atoms with van der Waals surface area (Å²) in [6, 6.07) is 4.02. The molecule has 0 aromatic heterocycles. The number of fused-ring (bicyclic) bond motifs is 1. The lowest BCUT2D eigenvalue weighted by Gasteiger charge is -2.31. The van der Waals surface area contributed by atoms with Crippen molar-refractivity contribution in [2.24, 2.45) is 0 Å². The minimum atomic E-state index is -0.754. The number of carbonyl (C=O) groups is 1. The third-order valence-corrected chi connectivity index (χ3v) is 3.90. The SMILES string of the molecule is COc1cc2c(cc1C)OC(C)(C)C(=O)CC[C@H]2C. The zero-order valence-corrected chi connectivity index (χ0v) is 12.4. The number of aryl methyl sites for hydroxylation is 1. The zero-order valence-electron chi connectivity index (χ0n) is 12.4. The molecule has 2 rings (SSSR count). The number of hydrogen-bond acceptors (Lipinski definition) is 3. The van der Waals surface area contributed by atoms with Crippen molar-refractivity contribution in [1.82, 2.24) is 0 Å². The first-order valence-electron chi connectivity index (χ1n) is 6.76. The Bertz CT molecular complexity index is 503. The average molecular weight is 262 g/mol. The maximum atomic E-state index is 12.1. The van der Waals surface area contributed by atoms with Crippen molar-refractivity contribution in [2.75, 3.05) is 7.11 Å². The van der Waals surface area contributed by atoms with Gasteiger partial charge in [0.1, 0.15) is 11.5 Å². The van der Waals surface area contributed by atoms with E-state index in [2.05, 4.69) is 6.92 Å². The van der Waals surface area contributed by atoms with Crippen LogP contribution in [0.1, 0.15) is 50.7 Å². The minimum Gasteiger partial charge on any atom is -0.496 e. The van der Waals surface area contributed by atoms with Gasteiger partial charge in [-0.25, -0.2) is 0 Å². The van der Waals surface area contributed by atoms with E-state index in [-0.39, 0.29) is 5.78 Å². The third-order valence-electron chi connectivity index (χ3n) is 3.90. The molecule has 0 fully saturated rings. The van der Waals surface area contributed by atoms with Gasteiger partial charge in [-0.05, 0) is 50.8 Å². The molecule has 19 heavy (non-hydrogen) atoms. The number of ether oxygens (including phenoxy) is 2. The Hall–Kier alpha value is -1.51. The third kappa shape index (κ3) is 2.60. The van der Waals surface area contributed by atoms with Crippen LogP contribution in [-0.4, -0.2) is 18.5 Å². The molecule has 0 radical (unpaired) electrons. The zero-order chi connectivity index (χ0) is 14.2. The van der Waals surface area contributed by atoms with Crippen molar-refractivity contribution in [3.05, 3.63) is 23.3 Å². The van der Waals surface area contributed by atoms with Crippen LogP contribution in [0.2, 0.25) is 0 Å². The normalized spacial score (nSPS) is 21.9. The second-order valence-electron chi connectivity index (χ2n) is 5.83. The highest BCUT2D eigenvalue weighted by Crippen LogP contribution is 2.39. The van der Waals surface area contributed by atoms with E-state index in [1.807, 2.05) is 32.9 Å². The van der Waals surface area contributed by atoms with Crippen LogP contribution in [0, 0.1) is 6.92 Å². The smallest absolute Gasteiger partial charge is 0.175 e. The van der Waals surface area contributed by atoms with E-state index < -0.39 is 5.60 Å². The molecule has 0 N–H and O–H groups in total. The highest BCUT2D eigenvalue weighted by molar-refractivity contribution is 5.87. The lowest BCUT2D eigenvalue weighted by Crippen LogP contribution is -2.39. The Morgan fingerprint density at radius 3 is 2.68 bits per heavy atom. The quantitative estimate of drug-likeness (QED) is 0.775. The first-order chi connectivity index (χ1) is 8.85. The molecular weight excluding hydrogens is 240 g/mol. The molecule has 1 heterocycles. The van der Waals surface area contributed by atoms with E-state index in [0.717, 1.165) is 29.0 Å². The van der Waals surface area contributed by atoms with Crippen LogP contribution in [0.5, 0.6) is 11.5 Å². The maximum Gasteiger partial charge on any atom is 0.175 e. The lowest BCUT2D eigenvalue weighted by atomic mass is 9.88. The van der Waals surface area contributed by atoms with E-state index in [9.17, 15) is 4.79 Å². The Labute approximate surface area is 114 Å². The Kier molecular flexibility index (Phi) is 3.57. The largest absolute Gasteiger partial charge is 0.496 e. The summed E-state index contributed by atoms with van der Waals surface area (Å²) < 4.78 is 11.4. The molecule has 0 spiro atoms. The fraction of sp³-hybridized carbons (Fsp3) is 0.562. The fourth-order valence-electron chi connectivity index (χ4n) is 2.51. The summed E-state index contributed by atoms with van der Waals surface area (Å²) in [7, 11) is 1.68. The van der Waals surface area contributed by atoms with Gasteiger partial charge in [0, 0.05) is 12.0 Å². The van der Waals surface area contributed by atoms with E-state index in [0.29, 0.717) is 12.3 Å². The molecule has 1 atom stereocenters. The highest BCUT2D eigenvalue weighted by Gasteiger charge is 2.33. The van der Waals surface area contributed by atoms with Gasteiger partial charge in [0.2, 0.25) is 0 Å². The number of methoxy groups -OCH3 is 1. The van der Waals surface area contributed by atoms with Gasteiger partial charge < -0.3 is 9.47 Å². The predicted octanol–water partition coefficient (Wildman–Crippen LogP) is 3.63. The molecule has 104 valence electrons. The van der Waals surface area contributed by atoms with Crippen LogP contribution in [0.3, 0.4) is 0 Å². The molecule has 0 unspecified atom stereocenters. The first-order valence-corrected chi connectivity index (χ1v) is 6.76. The monoisotopic (exact) mass is 262 g/mol.